The zero-order chi connectivity index (χ0) is 16.5. The number of carbonyl (C=O) groups is 2. The summed E-state index contributed by atoms with van der Waals surface area (Å²) in [6, 6.07) is 6.49. The van der Waals surface area contributed by atoms with Crippen LogP contribution in [0.2, 0.25) is 0 Å². The van der Waals surface area contributed by atoms with Crippen molar-refractivity contribution >= 4 is 11.9 Å². The highest BCUT2D eigenvalue weighted by molar-refractivity contribution is 6.03. The number of hydrogen-bond donors (Lipinski definition) is 0. The quantitative estimate of drug-likeness (QED) is 0.590. The highest BCUT2D eigenvalue weighted by Crippen LogP contribution is 2.12. The van der Waals surface area contributed by atoms with Gasteiger partial charge in [-0.15, -0.1) is 0 Å². The molecule has 0 N–H and O–H groups in total. The number of benzene rings is 1. The first kappa shape index (κ1) is 17.7. The van der Waals surface area contributed by atoms with Crippen LogP contribution >= 0.6 is 0 Å². The maximum absolute atomic E-state index is 12.1. The Morgan fingerprint density at radius 2 is 1.18 bits per heavy atom. The van der Waals surface area contributed by atoms with Crippen LogP contribution < -0.4 is 0 Å². The number of ether oxygens (including phenoxy) is 2. The van der Waals surface area contributed by atoms with Crippen molar-refractivity contribution in [2.75, 3.05) is 13.2 Å². The lowest BCUT2D eigenvalue weighted by atomic mass is 10.1. The maximum Gasteiger partial charge on any atom is 0.339 e. The second kappa shape index (κ2) is 8.82. The van der Waals surface area contributed by atoms with Crippen molar-refractivity contribution in [2.45, 2.75) is 27.7 Å². The normalized spacial score (nSPS) is 9.64. The van der Waals surface area contributed by atoms with Crippen molar-refractivity contribution in [3.05, 3.63) is 58.7 Å². The summed E-state index contributed by atoms with van der Waals surface area (Å²) in [4.78, 5) is 24.1. The fourth-order valence-corrected chi connectivity index (χ4v) is 1.56. The third-order valence-electron chi connectivity index (χ3n) is 2.78. The molecule has 1 rings (SSSR count). The molecule has 0 heterocycles. The summed E-state index contributed by atoms with van der Waals surface area (Å²) in [5, 5.41) is 0. The molecule has 0 aliphatic rings. The Hall–Kier alpha value is -2.36. The first-order valence-electron chi connectivity index (χ1n) is 7.12. The topological polar surface area (TPSA) is 52.6 Å². The molecular formula is C18H22O4. The molecule has 0 bridgehead atoms. The van der Waals surface area contributed by atoms with Crippen LogP contribution in [0.3, 0.4) is 0 Å². The van der Waals surface area contributed by atoms with Crippen LogP contribution in [0.15, 0.2) is 47.6 Å². The first-order chi connectivity index (χ1) is 10.4. The summed E-state index contributed by atoms with van der Waals surface area (Å²) in [5.41, 5.74) is 2.54. The average molecular weight is 302 g/mol. The largest absolute Gasteiger partial charge is 0.458 e. The lowest BCUT2D eigenvalue weighted by Gasteiger charge is -2.08. The molecule has 0 atom stereocenters. The van der Waals surface area contributed by atoms with Crippen molar-refractivity contribution in [3.8, 4) is 0 Å². The van der Waals surface area contributed by atoms with E-state index in [2.05, 4.69) is 0 Å². The molecule has 0 aromatic heterocycles. The molecule has 0 aliphatic heterocycles. The maximum atomic E-state index is 12.1. The van der Waals surface area contributed by atoms with Crippen molar-refractivity contribution in [1.29, 1.82) is 0 Å². The van der Waals surface area contributed by atoms with Crippen molar-refractivity contribution in [1.82, 2.24) is 0 Å². The molecule has 0 amide bonds. The highest BCUT2D eigenvalue weighted by Gasteiger charge is 2.18. The summed E-state index contributed by atoms with van der Waals surface area (Å²) in [5.74, 6) is -1.07. The lowest BCUT2D eigenvalue weighted by Crippen LogP contribution is -2.14. The Balaban J connectivity index is 2.80. The summed E-state index contributed by atoms with van der Waals surface area (Å²) in [6.45, 7) is 8.04. The van der Waals surface area contributed by atoms with Gasteiger partial charge in [0.05, 0.1) is 11.1 Å². The molecule has 4 heteroatoms. The van der Waals surface area contributed by atoms with Crippen molar-refractivity contribution in [2.24, 2.45) is 0 Å². The molecule has 118 valence electrons. The van der Waals surface area contributed by atoms with Crippen LogP contribution in [-0.2, 0) is 9.47 Å². The number of hydrogen-bond acceptors (Lipinski definition) is 4. The minimum absolute atomic E-state index is 0.183. The average Bonchev–Trinajstić information content (AvgIpc) is 2.46. The molecule has 1 aromatic rings. The molecule has 0 fully saturated rings. The van der Waals surface area contributed by atoms with Crippen LogP contribution in [0.1, 0.15) is 48.4 Å². The van der Waals surface area contributed by atoms with Gasteiger partial charge in [0, 0.05) is 0 Å². The van der Waals surface area contributed by atoms with Crippen LogP contribution in [0.4, 0.5) is 0 Å². The van der Waals surface area contributed by atoms with E-state index >= 15 is 0 Å². The van der Waals surface area contributed by atoms with E-state index in [-0.39, 0.29) is 24.3 Å². The summed E-state index contributed by atoms with van der Waals surface area (Å²) in [7, 11) is 0. The predicted octanol–water partition coefficient (Wildman–Crippen LogP) is 3.93. The molecule has 22 heavy (non-hydrogen) atoms. The first-order valence-corrected chi connectivity index (χ1v) is 7.12. The Labute approximate surface area is 131 Å². The molecule has 0 saturated carbocycles. The molecule has 0 radical (unpaired) electrons. The molecule has 0 spiro atoms. The van der Waals surface area contributed by atoms with Gasteiger partial charge in [0.2, 0.25) is 0 Å². The van der Waals surface area contributed by atoms with Gasteiger partial charge < -0.3 is 9.47 Å². The third kappa shape index (κ3) is 5.95. The Kier molecular flexibility index (Phi) is 7.09. The van der Waals surface area contributed by atoms with Gasteiger partial charge in [0.25, 0.3) is 0 Å². The Morgan fingerprint density at radius 3 is 1.50 bits per heavy atom. The van der Waals surface area contributed by atoms with E-state index in [1.54, 1.807) is 36.4 Å². The monoisotopic (exact) mass is 302 g/mol. The van der Waals surface area contributed by atoms with Crippen LogP contribution in [0, 0.1) is 0 Å². The third-order valence-corrected chi connectivity index (χ3v) is 2.78. The fraction of sp³-hybridized carbons (Fsp3) is 0.333. The van der Waals surface area contributed by atoms with Crippen molar-refractivity contribution < 1.29 is 19.1 Å². The lowest BCUT2D eigenvalue weighted by molar-refractivity contribution is 0.0502. The summed E-state index contributed by atoms with van der Waals surface area (Å²) in [6.07, 6.45) is 3.60. The molecule has 0 unspecified atom stereocenters. The van der Waals surface area contributed by atoms with Gasteiger partial charge in [-0.25, -0.2) is 9.59 Å². The number of allylic oxidation sites excluding steroid dienone is 2. The standard InChI is InChI=1S/C18H22O4/c1-13(2)9-11-21-17(19)15-7-5-6-8-16(15)18(20)22-12-10-14(3)4/h5-10H,11-12H2,1-4H3. The van der Waals surface area contributed by atoms with Gasteiger partial charge in [-0.2, -0.15) is 0 Å². The number of esters is 2. The Bertz CT molecular complexity index is 536. The molecule has 0 aliphatic carbocycles. The molecule has 4 nitrogen and oxygen atoms in total. The smallest absolute Gasteiger partial charge is 0.339 e. The Morgan fingerprint density at radius 1 is 0.818 bits per heavy atom. The molecule has 0 saturated heterocycles. The second-order valence-corrected chi connectivity index (χ2v) is 5.31. The fourth-order valence-electron chi connectivity index (χ4n) is 1.56. The summed E-state index contributed by atoms with van der Waals surface area (Å²) < 4.78 is 10.3. The van der Waals surface area contributed by atoms with Crippen LogP contribution in [0.5, 0.6) is 0 Å². The van der Waals surface area contributed by atoms with Gasteiger partial charge in [0.15, 0.2) is 0 Å². The van der Waals surface area contributed by atoms with E-state index < -0.39 is 11.9 Å². The van der Waals surface area contributed by atoms with Crippen LogP contribution in [0.25, 0.3) is 0 Å². The molecular weight excluding hydrogens is 280 g/mol. The van der Waals surface area contributed by atoms with Gasteiger partial charge in [0.1, 0.15) is 13.2 Å². The van der Waals surface area contributed by atoms with Gasteiger partial charge in [-0.1, -0.05) is 23.3 Å². The van der Waals surface area contributed by atoms with E-state index in [4.69, 9.17) is 9.47 Å². The van der Waals surface area contributed by atoms with Gasteiger partial charge in [-0.3, -0.25) is 0 Å². The predicted molar refractivity (Wildman–Crippen MR) is 85.9 cm³/mol. The van der Waals surface area contributed by atoms with E-state index in [0.717, 1.165) is 11.1 Å². The van der Waals surface area contributed by atoms with Gasteiger partial charge in [-0.05, 0) is 52.0 Å². The number of rotatable bonds is 6. The zero-order valence-corrected chi connectivity index (χ0v) is 13.5. The summed E-state index contributed by atoms with van der Waals surface area (Å²) >= 11 is 0. The highest BCUT2D eigenvalue weighted by atomic mass is 16.5. The van der Waals surface area contributed by atoms with Crippen molar-refractivity contribution in [3.63, 3.8) is 0 Å². The van der Waals surface area contributed by atoms with E-state index in [9.17, 15) is 9.59 Å². The van der Waals surface area contributed by atoms with E-state index in [1.807, 2.05) is 27.7 Å². The SMILES string of the molecule is CC(C)=CCOC(=O)c1ccccc1C(=O)OCC=C(C)C. The molecule has 1 aromatic carbocycles. The minimum Gasteiger partial charge on any atom is -0.458 e. The van der Waals surface area contributed by atoms with Gasteiger partial charge >= 0.3 is 11.9 Å². The minimum atomic E-state index is -0.535. The zero-order valence-electron chi connectivity index (χ0n) is 13.5. The second-order valence-electron chi connectivity index (χ2n) is 5.31. The van der Waals surface area contributed by atoms with E-state index in [0.29, 0.717) is 0 Å². The van der Waals surface area contributed by atoms with Crippen LogP contribution in [-0.4, -0.2) is 25.2 Å². The van der Waals surface area contributed by atoms with E-state index in [1.165, 1.54) is 0 Å². The number of carbonyl (C=O) groups excluding carboxylic acids is 2.